The largest absolute Gasteiger partial charge is 0.388 e. The summed E-state index contributed by atoms with van der Waals surface area (Å²) in [5.41, 5.74) is 1.65. The maximum Gasteiger partial charge on any atom is 0.123 e. The Labute approximate surface area is 117 Å². The maximum atomic E-state index is 12.9. The molecule has 3 heteroatoms. The van der Waals surface area contributed by atoms with Gasteiger partial charge in [-0.25, -0.2) is 4.39 Å². The molecular formula is C16H16ClFO. The second-order valence-electron chi connectivity index (χ2n) is 4.67. The Hall–Kier alpha value is -1.38. The molecule has 0 aromatic heterocycles. The monoisotopic (exact) mass is 278 g/mol. The summed E-state index contributed by atoms with van der Waals surface area (Å²) in [6.45, 7) is 1.89. The lowest BCUT2D eigenvalue weighted by Gasteiger charge is -2.24. The smallest absolute Gasteiger partial charge is 0.123 e. The van der Waals surface area contributed by atoms with Gasteiger partial charge in [0.15, 0.2) is 0 Å². The molecule has 2 aromatic carbocycles. The molecule has 2 aromatic rings. The number of alkyl halides is 1. The topological polar surface area (TPSA) is 20.2 Å². The van der Waals surface area contributed by atoms with Gasteiger partial charge in [-0.1, -0.05) is 49.4 Å². The Kier molecular flexibility index (Phi) is 4.56. The molecule has 100 valence electrons. The molecule has 0 heterocycles. The number of hydrogen-bond donors (Lipinski definition) is 1. The molecule has 0 bridgehead atoms. The highest BCUT2D eigenvalue weighted by atomic mass is 35.5. The van der Waals surface area contributed by atoms with Crippen molar-refractivity contribution < 1.29 is 9.50 Å². The highest BCUT2D eigenvalue weighted by molar-refractivity contribution is 6.21. The van der Waals surface area contributed by atoms with Crippen molar-refractivity contribution in [3.8, 4) is 0 Å². The summed E-state index contributed by atoms with van der Waals surface area (Å²) in [5, 5.41) is 10.0. The van der Waals surface area contributed by atoms with E-state index in [0.717, 1.165) is 5.56 Å². The Morgan fingerprint density at radius 3 is 2.11 bits per heavy atom. The predicted molar refractivity (Wildman–Crippen MR) is 75.6 cm³/mol. The molecule has 0 unspecified atom stereocenters. The lowest BCUT2D eigenvalue weighted by molar-refractivity contribution is 0.115. The lowest BCUT2D eigenvalue weighted by Crippen LogP contribution is -2.14. The molecule has 0 aliphatic heterocycles. The van der Waals surface area contributed by atoms with Crippen LogP contribution in [0.1, 0.15) is 29.5 Å². The summed E-state index contributed by atoms with van der Waals surface area (Å²) in [6.07, 6.45) is -0.719. The van der Waals surface area contributed by atoms with E-state index in [1.165, 1.54) is 12.1 Å². The minimum absolute atomic E-state index is 0.172. The summed E-state index contributed by atoms with van der Waals surface area (Å²) in [4.78, 5) is 0. The summed E-state index contributed by atoms with van der Waals surface area (Å²) in [6, 6.07) is 15.5. The van der Waals surface area contributed by atoms with Crippen LogP contribution in [0.5, 0.6) is 0 Å². The van der Waals surface area contributed by atoms with Gasteiger partial charge in [0.2, 0.25) is 0 Å². The summed E-state index contributed by atoms with van der Waals surface area (Å²) in [5.74, 6) is -0.483. The molecule has 0 fully saturated rings. The Balaban J connectivity index is 2.15. The Morgan fingerprint density at radius 1 is 0.947 bits per heavy atom. The zero-order valence-corrected chi connectivity index (χ0v) is 11.4. The molecule has 0 aliphatic carbocycles. The van der Waals surface area contributed by atoms with Gasteiger partial charge in [-0.3, -0.25) is 0 Å². The maximum absolute atomic E-state index is 12.9. The Morgan fingerprint density at radius 2 is 1.53 bits per heavy atom. The molecule has 0 spiro atoms. The molecule has 0 aliphatic rings. The first-order valence-electron chi connectivity index (χ1n) is 6.22. The number of benzene rings is 2. The average molecular weight is 279 g/mol. The third kappa shape index (κ3) is 3.34. The molecule has 1 N–H and O–H groups in total. The van der Waals surface area contributed by atoms with Gasteiger partial charge in [-0.15, -0.1) is 11.6 Å². The molecule has 0 saturated carbocycles. The fraction of sp³-hybridized carbons (Fsp3) is 0.250. The molecule has 19 heavy (non-hydrogen) atoms. The van der Waals surface area contributed by atoms with Crippen LogP contribution in [0.2, 0.25) is 0 Å². The van der Waals surface area contributed by atoms with Crippen LogP contribution in [-0.4, -0.2) is 5.11 Å². The van der Waals surface area contributed by atoms with Crippen LogP contribution in [0.3, 0.4) is 0 Å². The van der Waals surface area contributed by atoms with Gasteiger partial charge < -0.3 is 5.11 Å². The van der Waals surface area contributed by atoms with Crippen LogP contribution >= 0.6 is 11.6 Å². The molecule has 0 radical (unpaired) electrons. The number of aliphatic hydroxyl groups is 1. The van der Waals surface area contributed by atoms with E-state index >= 15 is 0 Å². The average Bonchev–Trinajstić information content (AvgIpc) is 2.46. The van der Waals surface area contributed by atoms with Crippen molar-refractivity contribution in [3.05, 3.63) is 71.5 Å². The van der Waals surface area contributed by atoms with Crippen LogP contribution in [-0.2, 0) is 0 Å². The van der Waals surface area contributed by atoms with Crippen molar-refractivity contribution in [2.75, 3.05) is 0 Å². The lowest BCUT2D eigenvalue weighted by atomic mass is 9.91. The SMILES string of the molecule is C[C@H]([C@@H](O)c1ccc(F)cc1)[C@@H](Cl)c1ccccc1. The number of aliphatic hydroxyl groups excluding tert-OH is 1. The van der Waals surface area contributed by atoms with E-state index in [9.17, 15) is 9.50 Å². The number of rotatable bonds is 4. The van der Waals surface area contributed by atoms with Crippen molar-refractivity contribution in [2.45, 2.75) is 18.4 Å². The van der Waals surface area contributed by atoms with E-state index in [2.05, 4.69) is 0 Å². The fourth-order valence-corrected chi connectivity index (χ4v) is 2.35. The van der Waals surface area contributed by atoms with Gasteiger partial charge in [0.25, 0.3) is 0 Å². The van der Waals surface area contributed by atoms with Gasteiger partial charge >= 0.3 is 0 Å². The predicted octanol–water partition coefficient (Wildman–Crippen LogP) is 4.48. The molecule has 0 amide bonds. The van der Waals surface area contributed by atoms with E-state index in [4.69, 9.17) is 11.6 Å². The molecular weight excluding hydrogens is 263 g/mol. The van der Waals surface area contributed by atoms with Gasteiger partial charge in [0.1, 0.15) is 5.82 Å². The minimum Gasteiger partial charge on any atom is -0.388 e. The quantitative estimate of drug-likeness (QED) is 0.818. The van der Waals surface area contributed by atoms with Gasteiger partial charge in [0.05, 0.1) is 11.5 Å². The molecule has 0 saturated heterocycles. The zero-order valence-electron chi connectivity index (χ0n) is 10.6. The summed E-state index contributed by atoms with van der Waals surface area (Å²) in [7, 11) is 0. The van der Waals surface area contributed by atoms with Crippen LogP contribution in [0, 0.1) is 11.7 Å². The van der Waals surface area contributed by atoms with Crippen molar-refractivity contribution in [3.63, 3.8) is 0 Å². The van der Waals surface area contributed by atoms with Crippen LogP contribution in [0.4, 0.5) is 4.39 Å². The van der Waals surface area contributed by atoms with Crippen molar-refractivity contribution in [1.82, 2.24) is 0 Å². The third-order valence-corrected chi connectivity index (χ3v) is 3.94. The normalized spacial score (nSPS) is 15.8. The second-order valence-corrected chi connectivity index (χ2v) is 5.14. The van der Waals surface area contributed by atoms with Crippen molar-refractivity contribution >= 4 is 11.6 Å². The number of halogens is 2. The van der Waals surface area contributed by atoms with E-state index in [-0.39, 0.29) is 17.1 Å². The fourth-order valence-electron chi connectivity index (χ4n) is 2.06. The van der Waals surface area contributed by atoms with Gasteiger partial charge in [-0.2, -0.15) is 0 Å². The van der Waals surface area contributed by atoms with E-state index < -0.39 is 6.10 Å². The molecule has 1 nitrogen and oxygen atoms in total. The van der Waals surface area contributed by atoms with Gasteiger partial charge in [-0.05, 0) is 23.3 Å². The minimum atomic E-state index is -0.719. The molecule has 3 atom stereocenters. The van der Waals surface area contributed by atoms with Crippen LogP contribution < -0.4 is 0 Å². The van der Waals surface area contributed by atoms with Crippen LogP contribution in [0.25, 0.3) is 0 Å². The highest BCUT2D eigenvalue weighted by Gasteiger charge is 2.25. The highest BCUT2D eigenvalue weighted by Crippen LogP contribution is 2.36. The third-order valence-electron chi connectivity index (χ3n) is 3.29. The number of hydrogen-bond acceptors (Lipinski definition) is 1. The molecule has 2 rings (SSSR count). The first-order valence-corrected chi connectivity index (χ1v) is 6.66. The first-order chi connectivity index (χ1) is 9.09. The van der Waals surface area contributed by atoms with Crippen LogP contribution in [0.15, 0.2) is 54.6 Å². The first kappa shape index (κ1) is 14.0. The Bertz CT molecular complexity index is 512. The second kappa shape index (κ2) is 6.18. The van der Waals surface area contributed by atoms with Crippen molar-refractivity contribution in [1.29, 1.82) is 0 Å². The summed E-state index contributed by atoms with van der Waals surface area (Å²) < 4.78 is 12.9. The summed E-state index contributed by atoms with van der Waals surface area (Å²) >= 11 is 6.40. The van der Waals surface area contributed by atoms with E-state index in [1.54, 1.807) is 12.1 Å². The standard InChI is InChI=1S/C16H16ClFO/c1-11(15(17)12-5-3-2-4-6-12)16(19)13-7-9-14(18)10-8-13/h2-11,15-16,19H,1H3/t11-,15+,16+/m0/s1. The van der Waals surface area contributed by atoms with Gasteiger partial charge in [0, 0.05) is 5.92 Å². The van der Waals surface area contributed by atoms with E-state index in [0.29, 0.717) is 5.56 Å². The zero-order chi connectivity index (χ0) is 13.8. The van der Waals surface area contributed by atoms with Crippen molar-refractivity contribution in [2.24, 2.45) is 5.92 Å². The van der Waals surface area contributed by atoms with E-state index in [1.807, 2.05) is 37.3 Å².